The molecule has 0 aliphatic carbocycles. The molecule has 0 saturated carbocycles. The Balaban J connectivity index is 1.44. The van der Waals surface area contributed by atoms with Crippen LogP contribution in [-0.2, 0) is 0 Å². The predicted molar refractivity (Wildman–Crippen MR) is 96.9 cm³/mol. The second-order valence-electron chi connectivity index (χ2n) is 5.94. The SMILES string of the molecule is O=C(NCC1CCN(C(=O)O)CC1)Nc1ncc(-c2ccccc2)s1. The van der Waals surface area contributed by atoms with Crippen LogP contribution in [0.1, 0.15) is 12.8 Å². The largest absolute Gasteiger partial charge is 0.465 e. The lowest BCUT2D eigenvalue weighted by molar-refractivity contribution is 0.124. The summed E-state index contributed by atoms with van der Waals surface area (Å²) in [5.41, 5.74) is 1.07. The molecule has 1 aliphatic heterocycles. The Kier molecular flexibility index (Phi) is 5.49. The first kappa shape index (κ1) is 17.2. The maximum absolute atomic E-state index is 12.0. The standard InChI is InChI=1S/C17H20N4O3S/c22-15(18-10-12-6-8-21(9-7-12)17(23)24)20-16-19-11-14(25-16)13-4-2-1-3-5-13/h1-5,11-12H,6-10H2,(H,23,24)(H2,18,19,20,22). The zero-order valence-electron chi connectivity index (χ0n) is 13.6. The molecule has 2 aromatic rings. The van der Waals surface area contributed by atoms with E-state index in [1.165, 1.54) is 16.2 Å². The molecule has 0 unspecified atom stereocenters. The van der Waals surface area contributed by atoms with E-state index < -0.39 is 6.09 Å². The number of nitrogens with zero attached hydrogens (tertiary/aromatic N) is 2. The normalized spacial score (nSPS) is 15.0. The third-order valence-corrected chi connectivity index (χ3v) is 5.18. The first-order valence-corrected chi connectivity index (χ1v) is 8.97. The van der Waals surface area contributed by atoms with Gasteiger partial charge in [0.25, 0.3) is 0 Å². The fraction of sp³-hybridized carbons (Fsp3) is 0.353. The summed E-state index contributed by atoms with van der Waals surface area (Å²) in [5, 5.41) is 15.1. The van der Waals surface area contributed by atoms with E-state index in [9.17, 15) is 9.59 Å². The summed E-state index contributed by atoms with van der Waals surface area (Å²) in [4.78, 5) is 29.5. The molecule has 0 bridgehead atoms. The van der Waals surface area contributed by atoms with Crippen molar-refractivity contribution in [3.63, 3.8) is 0 Å². The Bertz CT molecular complexity index is 727. The van der Waals surface area contributed by atoms with Crippen molar-refractivity contribution in [1.82, 2.24) is 15.2 Å². The van der Waals surface area contributed by atoms with E-state index in [-0.39, 0.29) is 6.03 Å². The molecule has 2 heterocycles. The number of anilines is 1. The summed E-state index contributed by atoms with van der Waals surface area (Å²) in [5.74, 6) is 0.303. The van der Waals surface area contributed by atoms with Crippen LogP contribution in [0.5, 0.6) is 0 Å². The van der Waals surface area contributed by atoms with Crippen LogP contribution in [0.2, 0.25) is 0 Å². The van der Waals surface area contributed by atoms with E-state index in [0.29, 0.717) is 30.7 Å². The summed E-state index contributed by atoms with van der Waals surface area (Å²) >= 11 is 1.42. The molecule has 0 atom stereocenters. The number of piperidine rings is 1. The lowest BCUT2D eigenvalue weighted by Gasteiger charge is -2.29. The monoisotopic (exact) mass is 360 g/mol. The van der Waals surface area contributed by atoms with Crippen LogP contribution in [-0.4, -0.2) is 46.7 Å². The zero-order valence-corrected chi connectivity index (χ0v) is 14.5. The Morgan fingerprint density at radius 3 is 2.64 bits per heavy atom. The Labute approximate surface area is 149 Å². The summed E-state index contributed by atoms with van der Waals surface area (Å²) < 4.78 is 0. The average molecular weight is 360 g/mol. The highest BCUT2D eigenvalue weighted by Gasteiger charge is 2.22. The number of nitrogens with one attached hydrogen (secondary N) is 2. The van der Waals surface area contributed by atoms with Gasteiger partial charge in [-0.25, -0.2) is 14.6 Å². The first-order valence-electron chi connectivity index (χ1n) is 8.16. The van der Waals surface area contributed by atoms with Crippen molar-refractivity contribution in [2.24, 2.45) is 5.92 Å². The van der Waals surface area contributed by atoms with Crippen LogP contribution in [0.3, 0.4) is 0 Å². The fourth-order valence-corrected chi connectivity index (χ4v) is 3.59. The van der Waals surface area contributed by atoms with Crippen molar-refractivity contribution >= 4 is 28.6 Å². The van der Waals surface area contributed by atoms with Gasteiger partial charge >= 0.3 is 12.1 Å². The number of aromatic nitrogens is 1. The molecule has 3 N–H and O–H groups in total. The van der Waals surface area contributed by atoms with Gasteiger partial charge in [0, 0.05) is 25.8 Å². The number of thiazole rings is 1. The summed E-state index contributed by atoms with van der Waals surface area (Å²) in [6.45, 7) is 1.59. The molecule has 1 aromatic heterocycles. The molecule has 8 heteroatoms. The number of benzene rings is 1. The number of carboxylic acid groups (broad SMARTS) is 1. The molecular formula is C17H20N4O3S. The van der Waals surface area contributed by atoms with Gasteiger partial charge in [-0.15, -0.1) is 0 Å². The lowest BCUT2D eigenvalue weighted by Crippen LogP contribution is -2.41. The van der Waals surface area contributed by atoms with Crippen molar-refractivity contribution < 1.29 is 14.7 Å². The highest BCUT2D eigenvalue weighted by molar-refractivity contribution is 7.19. The summed E-state index contributed by atoms with van der Waals surface area (Å²) in [7, 11) is 0. The molecule has 1 aliphatic rings. The molecule has 0 radical (unpaired) electrons. The zero-order chi connectivity index (χ0) is 17.6. The Morgan fingerprint density at radius 2 is 1.96 bits per heavy atom. The summed E-state index contributed by atoms with van der Waals surface area (Å²) in [6, 6.07) is 9.60. The van der Waals surface area contributed by atoms with Crippen LogP contribution >= 0.6 is 11.3 Å². The topological polar surface area (TPSA) is 94.6 Å². The van der Waals surface area contributed by atoms with Crippen LogP contribution in [0.15, 0.2) is 36.5 Å². The van der Waals surface area contributed by atoms with Crippen LogP contribution in [0.25, 0.3) is 10.4 Å². The smallest absolute Gasteiger partial charge is 0.407 e. The van der Waals surface area contributed by atoms with Crippen molar-refractivity contribution in [3.8, 4) is 10.4 Å². The van der Waals surface area contributed by atoms with Crippen LogP contribution in [0, 0.1) is 5.92 Å². The number of rotatable bonds is 4. The number of amides is 3. The van der Waals surface area contributed by atoms with Gasteiger partial charge in [-0.3, -0.25) is 5.32 Å². The average Bonchev–Trinajstić information content (AvgIpc) is 3.09. The lowest BCUT2D eigenvalue weighted by atomic mass is 9.97. The number of likely N-dealkylation sites (tertiary alicyclic amines) is 1. The molecule has 1 saturated heterocycles. The van der Waals surface area contributed by atoms with Gasteiger partial charge in [0.1, 0.15) is 0 Å². The van der Waals surface area contributed by atoms with Gasteiger partial charge in [-0.1, -0.05) is 41.7 Å². The van der Waals surface area contributed by atoms with Crippen LogP contribution < -0.4 is 10.6 Å². The number of hydrogen-bond acceptors (Lipinski definition) is 4. The van der Waals surface area contributed by atoms with E-state index in [0.717, 1.165) is 23.3 Å². The van der Waals surface area contributed by atoms with E-state index in [4.69, 9.17) is 5.11 Å². The van der Waals surface area contributed by atoms with Crippen molar-refractivity contribution in [2.45, 2.75) is 12.8 Å². The van der Waals surface area contributed by atoms with Crippen molar-refractivity contribution in [2.75, 3.05) is 25.0 Å². The minimum absolute atomic E-state index is 0.283. The van der Waals surface area contributed by atoms with Crippen molar-refractivity contribution in [1.29, 1.82) is 0 Å². The highest BCUT2D eigenvalue weighted by Crippen LogP contribution is 2.28. The number of hydrogen-bond donors (Lipinski definition) is 3. The minimum atomic E-state index is -0.873. The molecule has 7 nitrogen and oxygen atoms in total. The van der Waals surface area contributed by atoms with E-state index in [2.05, 4.69) is 15.6 Å². The first-order chi connectivity index (χ1) is 12.1. The van der Waals surface area contributed by atoms with Gasteiger partial charge < -0.3 is 15.3 Å². The Morgan fingerprint density at radius 1 is 1.24 bits per heavy atom. The molecular weight excluding hydrogens is 340 g/mol. The van der Waals surface area contributed by atoms with Crippen LogP contribution in [0.4, 0.5) is 14.7 Å². The minimum Gasteiger partial charge on any atom is -0.465 e. The quantitative estimate of drug-likeness (QED) is 0.779. The van der Waals surface area contributed by atoms with Crippen molar-refractivity contribution in [3.05, 3.63) is 36.5 Å². The molecule has 1 aromatic carbocycles. The predicted octanol–water partition coefficient (Wildman–Crippen LogP) is 3.32. The number of carbonyl (C=O) groups excluding carboxylic acids is 1. The highest BCUT2D eigenvalue weighted by atomic mass is 32.1. The fourth-order valence-electron chi connectivity index (χ4n) is 2.77. The van der Waals surface area contributed by atoms with Gasteiger partial charge in [0.15, 0.2) is 5.13 Å². The third kappa shape index (κ3) is 4.69. The Hall–Kier alpha value is -2.61. The second-order valence-corrected chi connectivity index (χ2v) is 6.97. The molecule has 3 amide bonds. The maximum Gasteiger partial charge on any atom is 0.407 e. The van der Waals surface area contributed by atoms with Gasteiger partial charge in [0.05, 0.1) is 4.88 Å². The van der Waals surface area contributed by atoms with E-state index >= 15 is 0 Å². The molecule has 1 fully saturated rings. The molecule has 0 spiro atoms. The summed E-state index contributed by atoms with van der Waals surface area (Å²) in [6.07, 6.45) is 2.41. The molecule has 3 rings (SSSR count). The van der Waals surface area contributed by atoms with Gasteiger partial charge in [-0.2, -0.15) is 0 Å². The van der Waals surface area contributed by atoms with E-state index in [1.54, 1.807) is 6.20 Å². The molecule has 132 valence electrons. The maximum atomic E-state index is 12.0. The third-order valence-electron chi connectivity index (χ3n) is 4.22. The van der Waals surface area contributed by atoms with Gasteiger partial charge in [-0.05, 0) is 24.3 Å². The second kappa shape index (κ2) is 7.98. The number of urea groups is 1. The van der Waals surface area contributed by atoms with E-state index in [1.807, 2.05) is 30.3 Å². The molecule has 25 heavy (non-hydrogen) atoms. The van der Waals surface area contributed by atoms with Gasteiger partial charge in [0.2, 0.25) is 0 Å². The number of carbonyl (C=O) groups is 2.